The Labute approximate surface area is 139 Å². The molecule has 24 heavy (non-hydrogen) atoms. The number of hydrogen-bond donors (Lipinski definition) is 1. The molecule has 120 valence electrons. The van der Waals surface area contributed by atoms with Gasteiger partial charge in [0.05, 0.1) is 18.0 Å². The molecule has 3 heterocycles. The number of nitriles is 1. The summed E-state index contributed by atoms with van der Waals surface area (Å²) in [5.41, 5.74) is 3.44. The number of anilines is 2. The van der Waals surface area contributed by atoms with Crippen molar-refractivity contribution in [1.82, 2.24) is 19.9 Å². The van der Waals surface area contributed by atoms with Gasteiger partial charge in [-0.15, -0.1) is 0 Å². The van der Waals surface area contributed by atoms with Crippen LogP contribution in [0, 0.1) is 11.3 Å². The Balaban J connectivity index is 1.54. The van der Waals surface area contributed by atoms with Crippen molar-refractivity contribution in [3.05, 3.63) is 42.5 Å². The van der Waals surface area contributed by atoms with Gasteiger partial charge in [0, 0.05) is 31.9 Å². The number of benzene rings is 1. The molecule has 0 amide bonds. The smallest absolute Gasteiger partial charge is 0.182 e. The fourth-order valence-corrected chi connectivity index (χ4v) is 3.13. The molecule has 1 N–H and O–H groups in total. The van der Waals surface area contributed by atoms with E-state index in [1.165, 1.54) is 0 Å². The molecule has 1 aliphatic rings. The van der Waals surface area contributed by atoms with E-state index < -0.39 is 0 Å². The predicted molar refractivity (Wildman–Crippen MR) is 91.9 cm³/mol. The number of aromatic amines is 1. The Morgan fingerprint density at radius 2 is 1.75 bits per heavy atom. The molecule has 1 saturated heterocycles. The topological polar surface area (TPSA) is 84.7 Å². The minimum absolute atomic E-state index is 0.692. The lowest BCUT2D eigenvalue weighted by Crippen LogP contribution is -2.31. The Morgan fingerprint density at radius 1 is 0.958 bits per heavy atom. The summed E-state index contributed by atoms with van der Waals surface area (Å²) >= 11 is 0. The first-order valence-corrected chi connectivity index (χ1v) is 7.99. The first-order valence-electron chi connectivity index (χ1n) is 7.99. The van der Waals surface area contributed by atoms with Crippen LogP contribution in [0.1, 0.15) is 12.0 Å². The lowest BCUT2D eigenvalue weighted by Gasteiger charge is -2.24. The second kappa shape index (κ2) is 6.16. The van der Waals surface area contributed by atoms with Gasteiger partial charge in [0.15, 0.2) is 11.5 Å². The maximum Gasteiger partial charge on any atom is 0.182 e. The second-order valence-electron chi connectivity index (χ2n) is 5.78. The average molecular weight is 319 g/mol. The monoisotopic (exact) mass is 319 g/mol. The molecule has 4 rings (SSSR count). The summed E-state index contributed by atoms with van der Waals surface area (Å²) in [4.78, 5) is 20.6. The molecule has 3 aromatic rings. The summed E-state index contributed by atoms with van der Waals surface area (Å²) in [6, 6.07) is 9.94. The third kappa shape index (κ3) is 2.63. The highest BCUT2D eigenvalue weighted by molar-refractivity contribution is 5.82. The van der Waals surface area contributed by atoms with Crippen LogP contribution in [0.3, 0.4) is 0 Å². The third-order valence-corrected chi connectivity index (χ3v) is 4.36. The molecule has 1 aromatic carbocycles. The van der Waals surface area contributed by atoms with Crippen molar-refractivity contribution < 1.29 is 0 Å². The SMILES string of the molecule is N#Cc1ccc(N2CCCN(c3ncnc4nc[nH]c34)CC2)cc1. The van der Waals surface area contributed by atoms with E-state index in [1.54, 1.807) is 12.7 Å². The maximum absolute atomic E-state index is 8.92. The summed E-state index contributed by atoms with van der Waals surface area (Å²) in [5, 5.41) is 8.92. The van der Waals surface area contributed by atoms with Gasteiger partial charge in [-0.1, -0.05) is 0 Å². The van der Waals surface area contributed by atoms with E-state index in [2.05, 4.69) is 35.8 Å². The molecule has 7 heteroatoms. The number of H-pyrrole nitrogens is 1. The van der Waals surface area contributed by atoms with E-state index in [-0.39, 0.29) is 0 Å². The zero-order chi connectivity index (χ0) is 16.4. The first kappa shape index (κ1) is 14.5. The standard InChI is InChI=1S/C17H17N7/c18-10-13-2-4-14(5-3-13)23-6-1-7-24(9-8-23)17-15-16(20-11-19-15)21-12-22-17/h2-5,11-12H,1,6-9H2,(H,19,20,21,22). The van der Waals surface area contributed by atoms with Crippen LogP contribution >= 0.6 is 0 Å². The zero-order valence-electron chi connectivity index (χ0n) is 13.2. The zero-order valence-corrected chi connectivity index (χ0v) is 13.2. The molecule has 0 bridgehead atoms. The highest BCUT2D eigenvalue weighted by Gasteiger charge is 2.19. The van der Waals surface area contributed by atoms with E-state index in [4.69, 9.17) is 5.26 Å². The molecule has 0 radical (unpaired) electrons. The second-order valence-corrected chi connectivity index (χ2v) is 5.78. The average Bonchev–Trinajstić information content (AvgIpc) is 2.99. The molecule has 1 aliphatic heterocycles. The minimum atomic E-state index is 0.692. The fraction of sp³-hybridized carbons (Fsp3) is 0.294. The highest BCUT2D eigenvalue weighted by Crippen LogP contribution is 2.23. The van der Waals surface area contributed by atoms with Gasteiger partial charge >= 0.3 is 0 Å². The largest absolute Gasteiger partial charge is 0.370 e. The van der Waals surface area contributed by atoms with E-state index >= 15 is 0 Å². The van der Waals surface area contributed by atoms with Crippen molar-refractivity contribution in [3.63, 3.8) is 0 Å². The van der Waals surface area contributed by atoms with Gasteiger partial charge in [0.25, 0.3) is 0 Å². The van der Waals surface area contributed by atoms with E-state index in [0.29, 0.717) is 11.2 Å². The minimum Gasteiger partial charge on any atom is -0.370 e. The van der Waals surface area contributed by atoms with Crippen molar-refractivity contribution in [2.45, 2.75) is 6.42 Å². The summed E-state index contributed by atoms with van der Waals surface area (Å²) in [7, 11) is 0. The maximum atomic E-state index is 8.92. The lowest BCUT2D eigenvalue weighted by molar-refractivity contribution is 0.798. The molecule has 0 aliphatic carbocycles. The van der Waals surface area contributed by atoms with Crippen LogP contribution in [0.15, 0.2) is 36.9 Å². The van der Waals surface area contributed by atoms with Gasteiger partial charge in [-0.05, 0) is 30.7 Å². The van der Waals surface area contributed by atoms with Crippen LogP contribution in [-0.2, 0) is 0 Å². The van der Waals surface area contributed by atoms with E-state index in [0.717, 1.165) is 49.6 Å². The van der Waals surface area contributed by atoms with Crippen LogP contribution in [0.4, 0.5) is 11.5 Å². The molecular formula is C17H17N7. The number of nitrogens with one attached hydrogen (secondary N) is 1. The molecule has 0 spiro atoms. The van der Waals surface area contributed by atoms with Gasteiger partial charge in [0.2, 0.25) is 0 Å². The van der Waals surface area contributed by atoms with Crippen molar-refractivity contribution in [3.8, 4) is 6.07 Å². The summed E-state index contributed by atoms with van der Waals surface area (Å²) < 4.78 is 0. The third-order valence-electron chi connectivity index (χ3n) is 4.36. The summed E-state index contributed by atoms with van der Waals surface area (Å²) in [5.74, 6) is 0.916. The Morgan fingerprint density at radius 3 is 2.58 bits per heavy atom. The Kier molecular flexibility index (Phi) is 3.71. The number of fused-ring (bicyclic) bond motifs is 1. The Bertz CT molecular complexity index is 878. The number of nitrogens with zero attached hydrogens (tertiary/aromatic N) is 6. The number of rotatable bonds is 2. The summed E-state index contributed by atoms with van der Waals surface area (Å²) in [6.45, 7) is 3.72. The highest BCUT2D eigenvalue weighted by atomic mass is 15.3. The molecule has 7 nitrogen and oxygen atoms in total. The van der Waals surface area contributed by atoms with Crippen LogP contribution < -0.4 is 9.80 Å². The van der Waals surface area contributed by atoms with Gasteiger partial charge in [-0.3, -0.25) is 0 Å². The number of hydrogen-bond acceptors (Lipinski definition) is 6. The Hall–Kier alpha value is -3.14. The van der Waals surface area contributed by atoms with Crippen LogP contribution in [-0.4, -0.2) is 46.1 Å². The normalized spacial score (nSPS) is 15.3. The molecule has 2 aromatic heterocycles. The lowest BCUT2D eigenvalue weighted by atomic mass is 10.2. The predicted octanol–water partition coefficient (Wildman–Crippen LogP) is 1.94. The van der Waals surface area contributed by atoms with Crippen molar-refractivity contribution in [2.75, 3.05) is 36.0 Å². The van der Waals surface area contributed by atoms with Gasteiger partial charge in [-0.25, -0.2) is 15.0 Å². The molecule has 0 atom stereocenters. The molecule has 0 unspecified atom stereocenters. The van der Waals surface area contributed by atoms with E-state index in [9.17, 15) is 0 Å². The van der Waals surface area contributed by atoms with Crippen molar-refractivity contribution in [2.24, 2.45) is 0 Å². The van der Waals surface area contributed by atoms with Crippen LogP contribution in [0.5, 0.6) is 0 Å². The van der Waals surface area contributed by atoms with E-state index in [1.807, 2.05) is 24.3 Å². The van der Waals surface area contributed by atoms with Gasteiger partial charge in [-0.2, -0.15) is 5.26 Å². The van der Waals surface area contributed by atoms with Crippen molar-refractivity contribution >= 4 is 22.7 Å². The summed E-state index contributed by atoms with van der Waals surface area (Å²) in [6.07, 6.45) is 4.27. The van der Waals surface area contributed by atoms with Crippen molar-refractivity contribution in [1.29, 1.82) is 5.26 Å². The molecule has 1 fully saturated rings. The molecule has 0 saturated carbocycles. The van der Waals surface area contributed by atoms with Gasteiger partial charge in [0.1, 0.15) is 11.8 Å². The number of imidazole rings is 1. The van der Waals surface area contributed by atoms with Crippen LogP contribution in [0.25, 0.3) is 11.2 Å². The quantitative estimate of drug-likeness (QED) is 0.777. The van der Waals surface area contributed by atoms with Crippen LogP contribution in [0.2, 0.25) is 0 Å². The number of aromatic nitrogens is 4. The van der Waals surface area contributed by atoms with Gasteiger partial charge < -0.3 is 14.8 Å². The fourth-order valence-electron chi connectivity index (χ4n) is 3.13. The first-order chi connectivity index (χ1) is 11.8. The molecular weight excluding hydrogens is 302 g/mol.